The van der Waals surface area contributed by atoms with Crippen molar-refractivity contribution in [1.29, 1.82) is 5.41 Å². The molecule has 1 aliphatic rings. The number of aliphatic hydroxyl groups excluding tert-OH is 1. The van der Waals surface area contributed by atoms with Gasteiger partial charge in [0.2, 0.25) is 0 Å². The summed E-state index contributed by atoms with van der Waals surface area (Å²) < 4.78 is 0. The molecule has 0 bridgehead atoms. The minimum Gasteiger partial charge on any atom is -0.509 e. The van der Waals surface area contributed by atoms with Gasteiger partial charge in [-0.05, 0) is 30.7 Å². The Morgan fingerprint density at radius 2 is 1.86 bits per heavy atom. The van der Waals surface area contributed by atoms with Gasteiger partial charge in [-0.15, -0.1) is 0 Å². The molecule has 1 aromatic heterocycles. The largest absolute Gasteiger partial charge is 0.509 e. The molecule has 0 spiro atoms. The summed E-state index contributed by atoms with van der Waals surface area (Å²) >= 11 is 0. The summed E-state index contributed by atoms with van der Waals surface area (Å²) in [6.07, 6.45) is 2.40. The zero-order valence-electron chi connectivity index (χ0n) is 11.8. The van der Waals surface area contributed by atoms with Crippen molar-refractivity contribution in [3.63, 3.8) is 0 Å². The van der Waals surface area contributed by atoms with Gasteiger partial charge in [0.1, 0.15) is 11.6 Å². The molecular weight excluding hydrogens is 262 g/mol. The lowest BCUT2D eigenvalue weighted by Crippen LogP contribution is -2.34. The Bertz CT molecular complexity index is 680. The topological polar surface area (TPSA) is 60.2 Å². The number of para-hydroxylation sites is 1. The number of anilines is 1. The fourth-order valence-corrected chi connectivity index (χ4v) is 2.72. The number of nitrogens with zero attached hydrogens (tertiary/aromatic N) is 2. The van der Waals surface area contributed by atoms with Crippen molar-refractivity contribution in [2.24, 2.45) is 0 Å². The van der Waals surface area contributed by atoms with Crippen molar-refractivity contribution in [2.45, 2.75) is 19.4 Å². The van der Waals surface area contributed by atoms with E-state index in [1.165, 1.54) is 0 Å². The van der Waals surface area contributed by atoms with Crippen molar-refractivity contribution in [3.8, 4) is 0 Å². The molecule has 4 heteroatoms. The highest BCUT2D eigenvalue weighted by Gasteiger charge is 2.37. The number of aliphatic hydroxyl groups is 1. The molecule has 3 rings (SSSR count). The van der Waals surface area contributed by atoms with Gasteiger partial charge in [-0.2, -0.15) is 0 Å². The van der Waals surface area contributed by atoms with Gasteiger partial charge in [-0.25, -0.2) is 0 Å². The first kappa shape index (κ1) is 13.4. The summed E-state index contributed by atoms with van der Waals surface area (Å²) in [7, 11) is 0. The summed E-state index contributed by atoms with van der Waals surface area (Å²) in [6, 6.07) is 15.0. The first-order valence-corrected chi connectivity index (χ1v) is 7.01. The molecule has 1 unspecified atom stereocenters. The predicted octanol–water partition coefficient (Wildman–Crippen LogP) is 3.63. The molecule has 4 nitrogen and oxygen atoms in total. The second-order valence-corrected chi connectivity index (χ2v) is 4.95. The number of hydrogen-bond acceptors (Lipinski definition) is 3. The average Bonchev–Trinajstić information content (AvgIpc) is 2.79. The van der Waals surface area contributed by atoms with Crippen molar-refractivity contribution < 1.29 is 5.11 Å². The molecule has 0 saturated carbocycles. The summed E-state index contributed by atoms with van der Waals surface area (Å²) in [5.74, 6) is 0.523. The van der Waals surface area contributed by atoms with E-state index in [4.69, 9.17) is 5.41 Å². The monoisotopic (exact) mass is 279 g/mol. The van der Waals surface area contributed by atoms with E-state index >= 15 is 0 Å². The highest BCUT2D eigenvalue weighted by molar-refractivity contribution is 6.31. The first-order chi connectivity index (χ1) is 10.2. The normalized spacial score (nSPS) is 18.4. The molecule has 0 radical (unpaired) electrons. The van der Waals surface area contributed by atoms with Gasteiger partial charge in [0.05, 0.1) is 17.3 Å². The number of aromatic nitrogens is 1. The van der Waals surface area contributed by atoms with E-state index in [0.717, 1.165) is 12.1 Å². The quantitative estimate of drug-likeness (QED) is 0.902. The zero-order chi connectivity index (χ0) is 14.8. The van der Waals surface area contributed by atoms with Crippen LogP contribution < -0.4 is 4.90 Å². The number of hydrogen-bond donors (Lipinski definition) is 2. The standard InChI is InChI=1S/C17H17N3O/c1-2-14-16(21)15(13-10-6-7-11-19-13)17(18)20(14)12-8-4-3-5-9-12/h3-11,14,18,21H,2H2,1H3. The van der Waals surface area contributed by atoms with E-state index in [2.05, 4.69) is 4.98 Å². The number of amidine groups is 1. The molecule has 0 fully saturated rings. The SMILES string of the molecule is CCC1C(O)=C(c2ccccn2)C(=N)N1c1ccccc1. The van der Waals surface area contributed by atoms with Crippen LogP contribution in [-0.4, -0.2) is 22.0 Å². The second kappa shape index (κ2) is 5.40. The molecule has 0 aliphatic carbocycles. The first-order valence-electron chi connectivity index (χ1n) is 7.01. The van der Waals surface area contributed by atoms with E-state index in [0.29, 0.717) is 17.1 Å². The van der Waals surface area contributed by atoms with Gasteiger partial charge in [0.15, 0.2) is 0 Å². The van der Waals surface area contributed by atoms with Crippen molar-refractivity contribution in [2.75, 3.05) is 4.90 Å². The Morgan fingerprint density at radius 3 is 2.48 bits per heavy atom. The van der Waals surface area contributed by atoms with Gasteiger partial charge < -0.3 is 10.0 Å². The number of rotatable bonds is 3. The van der Waals surface area contributed by atoms with Gasteiger partial charge in [-0.1, -0.05) is 31.2 Å². The smallest absolute Gasteiger partial charge is 0.138 e. The van der Waals surface area contributed by atoms with Crippen molar-refractivity contribution in [3.05, 3.63) is 66.2 Å². The van der Waals surface area contributed by atoms with E-state index in [1.54, 1.807) is 6.20 Å². The van der Waals surface area contributed by atoms with E-state index in [1.807, 2.05) is 60.4 Å². The van der Waals surface area contributed by atoms with Gasteiger partial charge >= 0.3 is 0 Å². The minimum atomic E-state index is -0.211. The minimum absolute atomic E-state index is 0.211. The molecule has 106 valence electrons. The molecule has 2 N–H and O–H groups in total. The maximum atomic E-state index is 10.6. The van der Waals surface area contributed by atoms with E-state index in [9.17, 15) is 5.11 Å². The second-order valence-electron chi connectivity index (χ2n) is 4.95. The highest BCUT2D eigenvalue weighted by Crippen LogP contribution is 2.35. The Morgan fingerprint density at radius 1 is 1.14 bits per heavy atom. The van der Waals surface area contributed by atoms with Crippen LogP contribution in [0.4, 0.5) is 5.69 Å². The van der Waals surface area contributed by atoms with Crippen LogP contribution in [0.1, 0.15) is 19.0 Å². The molecule has 1 atom stereocenters. The maximum absolute atomic E-state index is 10.6. The molecule has 1 aliphatic heterocycles. The Balaban J connectivity index is 2.07. The van der Waals surface area contributed by atoms with Crippen molar-refractivity contribution in [1.82, 2.24) is 4.98 Å². The van der Waals surface area contributed by atoms with Crippen LogP contribution in [0, 0.1) is 5.41 Å². The van der Waals surface area contributed by atoms with Crippen LogP contribution in [0.15, 0.2) is 60.5 Å². The molecule has 2 aromatic rings. The lowest BCUT2D eigenvalue weighted by Gasteiger charge is -2.26. The maximum Gasteiger partial charge on any atom is 0.138 e. The van der Waals surface area contributed by atoms with Crippen LogP contribution in [0.5, 0.6) is 0 Å². The van der Waals surface area contributed by atoms with Gasteiger partial charge in [0, 0.05) is 11.9 Å². The van der Waals surface area contributed by atoms with Gasteiger partial charge in [0.25, 0.3) is 0 Å². The van der Waals surface area contributed by atoms with Crippen LogP contribution in [0.3, 0.4) is 0 Å². The Hall–Kier alpha value is -2.62. The third kappa shape index (κ3) is 2.18. The fraction of sp³-hybridized carbons (Fsp3) is 0.176. The van der Waals surface area contributed by atoms with E-state index < -0.39 is 0 Å². The molecule has 0 amide bonds. The summed E-state index contributed by atoms with van der Waals surface area (Å²) in [5.41, 5.74) is 2.06. The van der Waals surface area contributed by atoms with Crippen LogP contribution >= 0.6 is 0 Å². The van der Waals surface area contributed by atoms with Crippen LogP contribution in [-0.2, 0) is 0 Å². The van der Waals surface area contributed by atoms with E-state index in [-0.39, 0.29) is 11.8 Å². The average molecular weight is 279 g/mol. The lowest BCUT2D eigenvalue weighted by atomic mass is 10.1. The number of nitrogens with one attached hydrogen (secondary N) is 1. The zero-order valence-corrected chi connectivity index (χ0v) is 11.8. The summed E-state index contributed by atoms with van der Waals surface area (Å²) in [4.78, 5) is 6.13. The predicted molar refractivity (Wildman–Crippen MR) is 84.5 cm³/mol. The molecule has 1 aromatic carbocycles. The third-order valence-electron chi connectivity index (χ3n) is 3.70. The molecule has 0 saturated heterocycles. The van der Waals surface area contributed by atoms with Gasteiger partial charge in [-0.3, -0.25) is 10.4 Å². The van der Waals surface area contributed by atoms with Crippen LogP contribution in [0.25, 0.3) is 5.57 Å². The van der Waals surface area contributed by atoms with Crippen molar-refractivity contribution >= 4 is 17.1 Å². The molecule has 21 heavy (non-hydrogen) atoms. The summed E-state index contributed by atoms with van der Waals surface area (Å²) in [6.45, 7) is 2.01. The highest BCUT2D eigenvalue weighted by atomic mass is 16.3. The Labute approximate surface area is 123 Å². The fourth-order valence-electron chi connectivity index (χ4n) is 2.72. The number of benzene rings is 1. The third-order valence-corrected chi connectivity index (χ3v) is 3.70. The van der Waals surface area contributed by atoms with Crippen LogP contribution in [0.2, 0.25) is 0 Å². The Kier molecular flexibility index (Phi) is 3.44. The summed E-state index contributed by atoms with van der Waals surface area (Å²) in [5, 5.41) is 19.0. The molecule has 2 heterocycles. The lowest BCUT2D eigenvalue weighted by molar-refractivity contribution is 0.373. The molecular formula is C17H17N3O. The number of pyridine rings is 1.